The number of amides is 4. The lowest BCUT2D eigenvalue weighted by Gasteiger charge is -2.24. The number of urea groups is 1. The molecule has 6 nitrogen and oxygen atoms in total. The molecule has 4 amide bonds. The monoisotopic (exact) mass is 337 g/mol. The minimum atomic E-state index is -0.550. The molecule has 1 heterocycles. The molecule has 2 rings (SSSR count). The summed E-state index contributed by atoms with van der Waals surface area (Å²) < 4.78 is 0. The Labute approximate surface area is 140 Å². The van der Waals surface area contributed by atoms with Gasteiger partial charge in [-0.05, 0) is 51.0 Å². The molecule has 1 aliphatic heterocycles. The van der Waals surface area contributed by atoms with Crippen molar-refractivity contribution in [2.45, 2.75) is 38.8 Å². The van der Waals surface area contributed by atoms with Gasteiger partial charge in [0.2, 0.25) is 5.91 Å². The molecule has 1 aromatic rings. The lowest BCUT2D eigenvalue weighted by Crippen LogP contribution is -2.51. The van der Waals surface area contributed by atoms with Gasteiger partial charge in [0.25, 0.3) is 5.91 Å². The third kappa shape index (κ3) is 4.45. The molecule has 1 aliphatic rings. The minimum Gasteiger partial charge on any atom is -0.352 e. The highest BCUT2D eigenvalue weighted by Gasteiger charge is 2.34. The number of halogens is 1. The fourth-order valence-corrected chi connectivity index (χ4v) is 2.63. The van der Waals surface area contributed by atoms with E-state index < -0.39 is 18.0 Å². The SMILES string of the molecule is CC(C)NC(=O)[C@H]1CCCN1C(=O)NC(=O)c1ccc(Cl)cc1. The summed E-state index contributed by atoms with van der Waals surface area (Å²) in [5.41, 5.74) is 0.338. The van der Waals surface area contributed by atoms with Crippen LogP contribution in [-0.4, -0.2) is 41.4 Å². The number of nitrogens with zero attached hydrogens (tertiary/aromatic N) is 1. The number of hydrogen-bond donors (Lipinski definition) is 2. The highest BCUT2D eigenvalue weighted by Crippen LogP contribution is 2.18. The Morgan fingerprint density at radius 1 is 1.22 bits per heavy atom. The highest BCUT2D eigenvalue weighted by molar-refractivity contribution is 6.30. The number of nitrogens with one attached hydrogen (secondary N) is 2. The van der Waals surface area contributed by atoms with E-state index >= 15 is 0 Å². The van der Waals surface area contributed by atoms with E-state index in [1.165, 1.54) is 17.0 Å². The Balaban J connectivity index is 2.00. The van der Waals surface area contributed by atoms with Crippen LogP contribution in [-0.2, 0) is 4.79 Å². The molecule has 124 valence electrons. The van der Waals surface area contributed by atoms with Crippen molar-refractivity contribution >= 4 is 29.4 Å². The molecule has 0 spiro atoms. The van der Waals surface area contributed by atoms with Crippen LogP contribution in [0.3, 0.4) is 0 Å². The first-order valence-corrected chi connectivity index (χ1v) is 7.94. The number of carbonyl (C=O) groups is 3. The maximum atomic E-state index is 12.3. The molecule has 0 bridgehead atoms. The van der Waals surface area contributed by atoms with Crippen LogP contribution in [0.25, 0.3) is 0 Å². The maximum absolute atomic E-state index is 12.3. The largest absolute Gasteiger partial charge is 0.352 e. The van der Waals surface area contributed by atoms with Crippen LogP contribution in [0.15, 0.2) is 24.3 Å². The first-order valence-electron chi connectivity index (χ1n) is 7.56. The van der Waals surface area contributed by atoms with E-state index in [0.717, 1.165) is 6.42 Å². The lowest BCUT2D eigenvalue weighted by molar-refractivity contribution is -0.125. The number of carbonyl (C=O) groups excluding carboxylic acids is 3. The van der Waals surface area contributed by atoms with E-state index in [4.69, 9.17) is 11.6 Å². The van der Waals surface area contributed by atoms with Gasteiger partial charge in [-0.1, -0.05) is 11.6 Å². The van der Waals surface area contributed by atoms with E-state index in [-0.39, 0.29) is 11.9 Å². The number of benzene rings is 1. The van der Waals surface area contributed by atoms with Crippen LogP contribution in [0.4, 0.5) is 4.79 Å². The standard InChI is InChI=1S/C16H20ClN3O3/c1-10(2)18-15(22)13-4-3-9-20(13)16(23)19-14(21)11-5-7-12(17)8-6-11/h5-8,10,13H,3-4,9H2,1-2H3,(H,18,22)(H,19,21,23)/t13-/m1/s1. The van der Waals surface area contributed by atoms with E-state index in [9.17, 15) is 14.4 Å². The van der Waals surface area contributed by atoms with Crippen LogP contribution in [0.1, 0.15) is 37.0 Å². The Hall–Kier alpha value is -2.08. The quantitative estimate of drug-likeness (QED) is 0.887. The predicted octanol–water partition coefficient (Wildman–Crippen LogP) is 2.18. The van der Waals surface area contributed by atoms with Gasteiger partial charge in [0.05, 0.1) is 0 Å². The molecule has 7 heteroatoms. The van der Waals surface area contributed by atoms with Crippen LogP contribution < -0.4 is 10.6 Å². The van der Waals surface area contributed by atoms with Gasteiger partial charge in [-0.25, -0.2) is 4.79 Å². The summed E-state index contributed by atoms with van der Waals surface area (Å²) >= 11 is 5.77. The zero-order valence-electron chi connectivity index (χ0n) is 13.1. The van der Waals surface area contributed by atoms with Crippen LogP contribution in [0.2, 0.25) is 5.02 Å². The van der Waals surface area contributed by atoms with Gasteiger partial charge >= 0.3 is 6.03 Å². The summed E-state index contributed by atoms with van der Waals surface area (Å²) in [6.45, 7) is 4.18. The van der Waals surface area contributed by atoms with Crippen molar-refractivity contribution < 1.29 is 14.4 Å². The summed E-state index contributed by atoms with van der Waals surface area (Å²) in [5, 5.41) is 5.63. The van der Waals surface area contributed by atoms with Gasteiger partial charge in [-0.3, -0.25) is 14.9 Å². The summed E-state index contributed by atoms with van der Waals surface area (Å²) in [6.07, 6.45) is 1.33. The molecule has 0 unspecified atom stereocenters. The average Bonchev–Trinajstić information content (AvgIpc) is 2.96. The zero-order chi connectivity index (χ0) is 17.0. The molecule has 0 radical (unpaired) electrons. The first-order chi connectivity index (χ1) is 10.9. The Morgan fingerprint density at radius 3 is 2.48 bits per heavy atom. The summed E-state index contributed by atoms with van der Waals surface area (Å²) in [6, 6.07) is 5.16. The average molecular weight is 338 g/mol. The number of hydrogen-bond acceptors (Lipinski definition) is 3. The highest BCUT2D eigenvalue weighted by atomic mass is 35.5. The smallest absolute Gasteiger partial charge is 0.325 e. The van der Waals surface area contributed by atoms with Crippen molar-refractivity contribution in [3.63, 3.8) is 0 Å². The molecule has 1 saturated heterocycles. The fourth-order valence-electron chi connectivity index (χ4n) is 2.51. The normalized spacial score (nSPS) is 17.2. The maximum Gasteiger partial charge on any atom is 0.325 e. The van der Waals surface area contributed by atoms with Crippen molar-refractivity contribution in [3.05, 3.63) is 34.9 Å². The van der Waals surface area contributed by atoms with E-state index in [0.29, 0.717) is 23.6 Å². The van der Waals surface area contributed by atoms with Gasteiger partial charge in [0, 0.05) is 23.2 Å². The number of rotatable bonds is 3. The van der Waals surface area contributed by atoms with Gasteiger partial charge < -0.3 is 10.2 Å². The third-order valence-electron chi connectivity index (χ3n) is 3.57. The molecular formula is C16H20ClN3O3. The topological polar surface area (TPSA) is 78.5 Å². The second-order valence-electron chi connectivity index (χ2n) is 5.78. The van der Waals surface area contributed by atoms with E-state index in [1.807, 2.05) is 13.8 Å². The Morgan fingerprint density at radius 2 is 1.87 bits per heavy atom. The fraction of sp³-hybridized carbons (Fsp3) is 0.438. The molecule has 23 heavy (non-hydrogen) atoms. The second kappa shape index (κ2) is 7.46. The summed E-state index contributed by atoms with van der Waals surface area (Å²) in [4.78, 5) is 37.9. The zero-order valence-corrected chi connectivity index (χ0v) is 13.9. The first kappa shape index (κ1) is 17.3. The molecule has 1 atom stereocenters. The van der Waals surface area contributed by atoms with Crippen molar-refractivity contribution in [2.24, 2.45) is 0 Å². The number of imide groups is 1. The molecule has 2 N–H and O–H groups in total. The number of likely N-dealkylation sites (tertiary alicyclic amines) is 1. The second-order valence-corrected chi connectivity index (χ2v) is 6.22. The van der Waals surface area contributed by atoms with Crippen molar-refractivity contribution in [1.82, 2.24) is 15.5 Å². The summed E-state index contributed by atoms with van der Waals surface area (Å²) in [7, 11) is 0. The van der Waals surface area contributed by atoms with Crippen LogP contribution >= 0.6 is 11.6 Å². The predicted molar refractivity (Wildman–Crippen MR) is 87.3 cm³/mol. The van der Waals surface area contributed by atoms with Gasteiger partial charge in [-0.15, -0.1) is 0 Å². The van der Waals surface area contributed by atoms with Crippen LogP contribution in [0, 0.1) is 0 Å². The van der Waals surface area contributed by atoms with Crippen LogP contribution in [0.5, 0.6) is 0 Å². The lowest BCUT2D eigenvalue weighted by atomic mass is 10.2. The molecule has 0 saturated carbocycles. The molecule has 1 fully saturated rings. The van der Waals surface area contributed by atoms with E-state index in [2.05, 4.69) is 10.6 Å². The minimum absolute atomic E-state index is 0.00344. The molecular weight excluding hydrogens is 318 g/mol. The van der Waals surface area contributed by atoms with Gasteiger partial charge in [0.15, 0.2) is 0 Å². The van der Waals surface area contributed by atoms with E-state index in [1.54, 1.807) is 12.1 Å². The third-order valence-corrected chi connectivity index (χ3v) is 3.83. The van der Waals surface area contributed by atoms with Crippen molar-refractivity contribution in [1.29, 1.82) is 0 Å². The Bertz CT molecular complexity index is 601. The Kier molecular flexibility index (Phi) is 5.60. The van der Waals surface area contributed by atoms with Gasteiger partial charge in [0.1, 0.15) is 6.04 Å². The van der Waals surface area contributed by atoms with Gasteiger partial charge in [-0.2, -0.15) is 0 Å². The van der Waals surface area contributed by atoms with Crippen molar-refractivity contribution in [2.75, 3.05) is 6.54 Å². The molecule has 0 aromatic heterocycles. The van der Waals surface area contributed by atoms with Crippen molar-refractivity contribution in [3.8, 4) is 0 Å². The molecule has 1 aromatic carbocycles. The summed E-state index contributed by atoms with van der Waals surface area (Å²) in [5.74, 6) is -0.701. The molecule has 0 aliphatic carbocycles.